The summed E-state index contributed by atoms with van der Waals surface area (Å²) in [6, 6.07) is 3.86. The molecule has 212 valence electrons. The normalized spacial score (nSPS) is 46.9. The van der Waals surface area contributed by atoms with Gasteiger partial charge in [0.1, 0.15) is 19.5 Å². The van der Waals surface area contributed by atoms with Gasteiger partial charge >= 0.3 is 0 Å². The monoisotopic (exact) mass is 769 g/mol. The summed E-state index contributed by atoms with van der Waals surface area (Å²) in [6.45, 7) is 6.94. The number of non-ortho nitro benzene ring substituents is 1. The summed E-state index contributed by atoms with van der Waals surface area (Å²) in [4.78, 5) is 3.61. The van der Waals surface area contributed by atoms with Crippen LogP contribution in [0.3, 0.4) is 0 Å². The zero-order chi connectivity index (χ0) is 29.7. The van der Waals surface area contributed by atoms with Gasteiger partial charge in [-0.2, -0.15) is 0 Å². The van der Waals surface area contributed by atoms with Gasteiger partial charge in [-0.05, 0) is 17.2 Å². The van der Waals surface area contributed by atoms with Crippen molar-refractivity contribution < 1.29 is 4.92 Å². The lowest BCUT2D eigenvalue weighted by atomic mass is 9.38. The van der Waals surface area contributed by atoms with Crippen molar-refractivity contribution in [2.75, 3.05) is 0 Å². The molecule has 1 aromatic carbocycles. The number of nitrogens with zero attached hydrogens (tertiary/aromatic N) is 1. The van der Waals surface area contributed by atoms with Crippen molar-refractivity contribution in [1.82, 2.24) is 0 Å². The Kier molecular flexibility index (Phi) is 5.89. The minimum absolute atomic E-state index is 0.0206. The Bertz CT molecular complexity index is 1530. The van der Waals surface area contributed by atoms with Crippen LogP contribution in [-0.2, 0) is 9.75 Å². The van der Waals surface area contributed by atoms with E-state index in [0.29, 0.717) is 0 Å². The van der Waals surface area contributed by atoms with E-state index in [2.05, 4.69) is 0 Å². The van der Waals surface area contributed by atoms with Crippen LogP contribution in [0.5, 0.6) is 0 Å². The third-order valence-corrected chi connectivity index (χ3v) is 19.3. The van der Waals surface area contributed by atoms with Gasteiger partial charge in [-0.15, -0.1) is 46.4 Å². The van der Waals surface area contributed by atoms with Crippen molar-refractivity contribution in [3.63, 3.8) is 0 Å². The van der Waals surface area contributed by atoms with Crippen LogP contribution >= 0.6 is 139 Å². The summed E-state index contributed by atoms with van der Waals surface area (Å²) in [5.74, 6) is 0. The Morgan fingerprint density at radius 2 is 0.949 bits per heavy atom. The fourth-order valence-corrected chi connectivity index (χ4v) is 16.6. The molecule has 6 rings (SSSR count). The van der Waals surface area contributed by atoms with E-state index in [1.165, 1.54) is 18.2 Å². The average Bonchev–Trinajstić information content (AvgIpc) is 3.12. The van der Waals surface area contributed by atoms with E-state index >= 15 is 0 Å². The average molecular weight is 775 g/mol. The van der Waals surface area contributed by atoms with Crippen molar-refractivity contribution in [2.45, 2.75) is 55.9 Å². The van der Waals surface area contributed by atoms with Crippen molar-refractivity contribution in [3.05, 3.63) is 59.6 Å². The first-order valence-corrected chi connectivity index (χ1v) is 15.9. The summed E-state index contributed by atoms with van der Waals surface area (Å²) in [6.07, 6.45) is 0. The van der Waals surface area contributed by atoms with E-state index in [0.717, 1.165) is 0 Å². The summed E-state index contributed by atoms with van der Waals surface area (Å²) in [5.41, 5.74) is -6.51. The van der Waals surface area contributed by atoms with Crippen LogP contribution in [0, 0.1) is 31.8 Å². The molecule has 4 bridgehead atoms. The lowest BCUT2D eigenvalue weighted by molar-refractivity contribution is -0.385. The molecule has 3 nitrogen and oxygen atoms in total. The second-order valence-corrected chi connectivity index (χ2v) is 18.2. The highest BCUT2D eigenvalue weighted by molar-refractivity contribution is 6.66. The highest BCUT2D eigenvalue weighted by atomic mass is 35.5. The molecule has 0 radical (unpaired) electrons. The van der Waals surface area contributed by atoms with Gasteiger partial charge in [0.05, 0.1) is 25.8 Å². The van der Waals surface area contributed by atoms with Crippen molar-refractivity contribution in [1.29, 1.82) is 0 Å². The molecule has 0 aliphatic heterocycles. The minimum atomic E-state index is -2.18. The van der Waals surface area contributed by atoms with Crippen LogP contribution in [0.1, 0.15) is 38.8 Å². The molecule has 5 aliphatic carbocycles. The zero-order valence-corrected chi connectivity index (χ0v) is 29.1. The van der Waals surface area contributed by atoms with Gasteiger partial charge < -0.3 is 0 Å². The Morgan fingerprint density at radius 1 is 0.590 bits per heavy atom. The molecule has 1 aromatic rings. The fourth-order valence-electron chi connectivity index (χ4n) is 9.17. The van der Waals surface area contributed by atoms with Gasteiger partial charge in [0.15, 0.2) is 8.67 Å². The predicted octanol–water partition coefficient (Wildman–Crippen LogP) is 11.2. The molecule has 2 fully saturated rings. The maximum Gasteiger partial charge on any atom is 0.269 e. The van der Waals surface area contributed by atoms with E-state index < -0.39 is 54.7 Å². The van der Waals surface area contributed by atoms with Gasteiger partial charge in [-0.3, -0.25) is 10.1 Å². The Morgan fingerprint density at radius 3 is 1.31 bits per heavy atom. The van der Waals surface area contributed by atoms with Crippen LogP contribution in [0.15, 0.2) is 38.3 Å². The van der Waals surface area contributed by atoms with Crippen LogP contribution in [0.2, 0.25) is 0 Å². The van der Waals surface area contributed by atoms with Crippen LogP contribution in [0.4, 0.5) is 5.69 Å². The Hall–Kier alpha value is 1.58. The number of alkyl halides is 8. The molecule has 15 heteroatoms. The second-order valence-electron chi connectivity index (χ2n) is 11.8. The molecule has 0 heterocycles. The van der Waals surface area contributed by atoms with Gasteiger partial charge in [0.25, 0.3) is 5.69 Å². The fraction of sp³-hybridized carbons (Fsp3) is 0.583. The third kappa shape index (κ3) is 2.14. The zero-order valence-electron chi connectivity index (χ0n) is 20.0. The van der Waals surface area contributed by atoms with Gasteiger partial charge in [-0.1, -0.05) is 121 Å². The number of hydrogen-bond donors (Lipinski definition) is 0. The minimum Gasteiger partial charge on any atom is -0.258 e. The number of fused-ring (bicyclic) bond motifs is 5. The van der Waals surface area contributed by atoms with E-state index in [-0.39, 0.29) is 36.9 Å². The van der Waals surface area contributed by atoms with Gasteiger partial charge in [-0.25, -0.2) is 0 Å². The SMILES string of the molecule is CC1(C)[C@]2(Cl)C(Cl)=C(Cl)[C@]13[C@@]14C(Cl)=C(Cl)[C@](Cl)(C1(C)C)C(Cl)(Cl)[C@]4(Cl)c1ccc([N+](=O)[O-])cc1[C@@]3(Cl)C2(Cl)Cl. The predicted molar refractivity (Wildman–Crippen MR) is 164 cm³/mol. The van der Waals surface area contributed by atoms with E-state index in [1.54, 1.807) is 27.7 Å². The first kappa shape index (κ1) is 30.6. The molecule has 0 amide bonds. The molecule has 2 spiro atoms. The van der Waals surface area contributed by atoms with Crippen LogP contribution < -0.4 is 0 Å². The summed E-state index contributed by atoms with van der Waals surface area (Å²) < 4.78 is -4.30. The molecular weight excluding hydrogens is 760 g/mol. The lowest BCUT2D eigenvalue weighted by Crippen LogP contribution is -2.72. The first-order valence-electron chi connectivity index (χ1n) is 11.3. The Labute approximate surface area is 284 Å². The van der Waals surface area contributed by atoms with E-state index in [9.17, 15) is 10.1 Å². The largest absolute Gasteiger partial charge is 0.269 e. The maximum atomic E-state index is 12.0. The number of allylic oxidation sites excluding steroid dienone is 4. The number of halogens is 12. The van der Waals surface area contributed by atoms with E-state index in [1.807, 2.05) is 0 Å². The number of nitro groups is 1. The molecule has 0 aromatic heterocycles. The van der Waals surface area contributed by atoms with Crippen LogP contribution in [0.25, 0.3) is 0 Å². The topological polar surface area (TPSA) is 43.1 Å². The smallest absolute Gasteiger partial charge is 0.258 e. The molecule has 0 saturated heterocycles. The summed E-state index contributed by atoms with van der Waals surface area (Å²) >= 11 is 88.2. The van der Waals surface area contributed by atoms with E-state index in [4.69, 9.17) is 139 Å². The Balaban J connectivity index is 2.03. The second kappa shape index (κ2) is 7.51. The van der Waals surface area contributed by atoms with Crippen molar-refractivity contribution >= 4 is 145 Å². The first-order chi connectivity index (χ1) is 17.4. The maximum absolute atomic E-state index is 12.0. The number of benzene rings is 1. The van der Waals surface area contributed by atoms with Crippen LogP contribution in [-0.4, -0.2) is 23.3 Å². The lowest BCUT2D eigenvalue weighted by Gasteiger charge is -2.69. The van der Waals surface area contributed by atoms with Crippen molar-refractivity contribution in [3.8, 4) is 0 Å². The molecule has 6 atom stereocenters. The number of hydrogen-bond acceptors (Lipinski definition) is 2. The molecule has 0 unspecified atom stereocenters. The molecule has 39 heavy (non-hydrogen) atoms. The molecule has 5 aliphatic rings. The number of nitro benzene ring substituents is 1. The number of rotatable bonds is 1. The molecule has 0 N–H and O–H groups in total. The highest BCUT2D eigenvalue weighted by Crippen LogP contribution is 3.02. The molecular formula is C24H15Cl12NO2. The van der Waals surface area contributed by atoms with Crippen molar-refractivity contribution in [2.24, 2.45) is 21.7 Å². The third-order valence-electron chi connectivity index (χ3n) is 10.5. The molecule has 2 saturated carbocycles. The summed E-state index contributed by atoms with van der Waals surface area (Å²) in [5, 5.41) is 11.7. The summed E-state index contributed by atoms with van der Waals surface area (Å²) in [7, 11) is 0. The quantitative estimate of drug-likeness (QED) is 0.162. The standard InChI is InChI=1S/C24H15Cl12NO2/c1-15(2)17-11(25)13(27)21(15,31)23(33,34)19(17,29)9-6-5-8(37(38)39)7-10(9)20(30)18(17)12(26)14(28)22(32,16(18,3)4)24(20,35)36/h5-7H,1-4H3/t17-,18-,19+,20+,21+,22-/m1/s1. The van der Waals surface area contributed by atoms with Gasteiger partial charge in [0.2, 0.25) is 0 Å². The van der Waals surface area contributed by atoms with Gasteiger partial charge in [0, 0.05) is 33.0 Å². The highest BCUT2D eigenvalue weighted by Gasteiger charge is 3.05.